The summed E-state index contributed by atoms with van der Waals surface area (Å²) < 4.78 is 23.9. The van der Waals surface area contributed by atoms with Crippen molar-refractivity contribution in [2.45, 2.75) is 24.9 Å². The minimum atomic E-state index is -1.31. The van der Waals surface area contributed by atoms with Gasteiger partial charge in [-0.1, -0.05) is 0 Å². The van der Waals surface area contributed by atoms with Crippen LogP contribution in [0.1, 0.15) is 12.6 Å². The summed E-state index contributed by atoms with van der Waals surface area (Å²) >= 11 is 5.36. The molecular formula is C11H12ClFN2O6. The second-order valence-corrected chi connectivity index (χ2v) is 4.69. The van der Waals surface area contributed by atoms with Gasteiger partial charge in [0.15, 0.2) is 6.10 Å². The normalized spacial score (nSPS) is 25.0. The van der Waals surface area contributed by atoms with E-state index in [2.05, 4.69) is 0 Å². The molecular weight excluding hydrogens is 311 g/mol. The van der Waals surface area contributed by atoms with Crippen LogP contribution in [0.15, 0.2) is 15.8 Å². The van der Waals surface area contributed by atoms with E-state index in [-0.39, 0.29) is 18.9 Å². The molecule has 1 saturated heterocycles. The predicted molar refractivity (Wildman–Crippen MR) is 67.5 cm³/mol. The van der Waals surface area contributed by atoms with Crippen LogP contribution in [-0.4, -0.2) is 45.3 Å². The van der Waals surface area contributed by atoms with Crippen LogP contribution in [0.25, 0.3) is 0 Å². The fourth-order valence-corrected chi connectivity index (χ4v) is 2.01. The van der Waals surface area contributed by atoms with Gasteiger partial charge in [-0.3, -0.25) is 14.3 Å². The SMILES string of the molecule is O=C(OCCCl)[C@@H]1O[C@H](n2cc(F)c(=O)[nH]c2=O)C[C@H]1O. The molecule has 1 aliphatic heterocycles. The van der Waals surface area contributed by atoms with Gasteiger partial charge in [0.1, 0.15) is 12.8 Å². The van der Waals surface area contributed by atoms with Crippen molar-refractivity contribution in [2.24, 2.45) is 0 Å². The zero-order valence-corrected chi connectivity index (χ0v) is 11.4. The molecule has 8 nitrogen and oxygen atoms in total. The predicted octanol–water partition coefficient (Wildman–Crippen LogP) is -0.894. The summed E-state index contributed by atoms with van der Waals surface area (Å²) in [6.07, 6.45) is -3.09. The lowest BCUT2D eigenvalue weighted by atomic mass is 10.2. The molecule has 10 heteroatoms. The average molecular weight is 323 g/mol. The first-order valence-electron chi connectivity index (χ1n) is 6.01. The summed E-state index contributed by atoms with van der Waals surface area (Å²) in [4.78, 5) is 35.9. The number of alkyl halides is 1. The van der Waals surface area contributed by atoms with Crippen LogP contribution in [-0.2, 0) is 14.3 Å². The van der Waals surface area contributed by atoms with Crippen molar-refractivity contribution in [3.05, 3.63) is 32.9 Å². The average Bonchev–Trinajstić information content (AvgIpc) is 2.82. The molecule has 1 aromatic heterocycles. The van der Waals surface area contributed by atoms with E-state index in [9.17, 15) is 23.9 Å². The highest BCUT2D eigenvalue weighted by atomic mass is 35.5. The maximum absolute atomic E-state index is 13.2. The Balaban J connectivity index is 2.18. The maximum Gasteiger partial charge on any atom is 0.338 e. The number of aliphatic hydroxyl groups excluding tert-OH is 1. The van der Waals surface area contributed by atoms with Gasteiger partial charge in [-0.15, -0.1) is 11.6 Å². The molecule has 0 amide bonds. The number of halogens is 2. The monoisotopic (exact) mass is 322 g/mol. The summed E-state index contributed by atoms with van der Waals surface area (Å²) in [5.74, 6) is -1.92. The van der Waals surface area contributed by atoms with Crippen molar-refractivity contribution in [1.29, 1.82) is 0 Å². The standard InChI is InChI=1S/C11H12ClFN2O6/c12-1-2-20-10(18)8-6(16)3-7(21-8)15-4-5(13)9(17)14-11(15)19/h4,6-8,16H,1-3H2,(H,14,17,19)/t6-,7+,8-/m1/s1. The molecule has 1 aromatic rings. The van der Waals surface area contributed by atoms with Gasteiger partial charge in [-0.25, -0.2) is 9.59 Å². The molecule has 2 rings (SSSR count). The number of nitrogens with one attached hydrogen (secondary N) is 1. The third kappa shape index (κ3) is 3.31. The fraction of sp³-hybridized carbons (Fsp3) is 0.545. The van der Waals surface area contributed by atoms with Crippen molar-refractivity contribution in [3.63, 3.8) is 0 Å². The molecule has 2 N–H and O–H groups in total. The van der Waals surface area contributed by atoms with Crippen LogP contribution < -0.4 is 11.2 Å². The molecule has 2 heterocycles. The lowest BCUT2D eigenvalue weighted by Gasteiger charge is -2.14. The van der Waals surface area contributed by atoms with Gasteiger partial charge in [0.05, 0.1) is 18.2 Å². The quantitative estimate of drug-likeness (QED) is 0.549. The number of hydrogen-bond acceptors (Lipinski definition) is 6. The Hall–Kier alpha value is -1.71. The van der Waals surface area contributed by atoms with Crippen molar-refractivity contribution in [3.8, 4) is 0 Å². The molecule has 0 aliphatic carbocycles. The topological polar surface area (TPSA) is 111 Å². The van der Waals surface area contributed by atoms with E-state index in [1.165, 1.54) is 0 Å². The number of esters is 1. The van der Waals surface area contributed by atoms with Gasteiger partial charge in [0, 0.05) is 6.42 Å². The lowest BCUT2D eigenvalue weighted by molar-refractivity contribution is -0.161. The number of aromatic nitrogens is 2. The van der Waals surface area contributed by atoms with Crippen LogP contribution in [0.5, 0.6) is 0 Å². The molecule has 0 bridgehead atoms. The van der Waals surface area contributed by atoms with Crippen LogP contribution in [0.4, 0.5) is 4.39 Å². The first-order chi connectivity index (χ1) is 9.93. The number of nitrogens with zero attached hydrogens (tertiary/aromatic N) is 1. The number of rotatable bonds is 4. The molecule has 3 atom stereocenters. The molecule has 116 valence electrons. The van der Waals surface area contributed by atoms with Crippen LogP contribution in [0.2, 0.25) is 0 Å². The number of aliphatic hydroxyl groups is 1. The summed E-state index contributed by atoms with van der Waals surface area (Å²) in [5, 5.41) is 9.77. The summed E-state index contributed by atoms with van der Waals surface area (Å²) in [5.41, 5.74) is -2.07. The summed E-state index contributed by atoms with van der Waals surface area (Å²) in [7, 11) is 0. The maximum atomic E-state index is 13.2. The van der Waals surface area contributed by atoms with Gasteiger partial charge in [-0.2, -0.15) is 4.39 Å². The number of H-pyrrole nitrogens is 1. The molecule has 1 fully saturated rings. The van der Waals surface area contributed by atoms with Gasteiger partial charge in [0.2, 0.25) is 5.82 Å². The Labute approximate surface area is 122 Å². The van der Waals surface area contributed by atoms with E-state index < -0.39 is 41.5 Å². The van der Waals surface area contributed by atoms with E-state index in [1.807, 2.05) is 0 Å². The minimum absolute atomic E-state index is 0.0507. The molecule has 0 radical (unpaired) electrons. The molecule has 0 unspecified atom stereocenters. The second-order valence-electron chi connectivity index (χ2n) is 4.31. The fourth-order valence-electron chi connectivity index (χ4n) is 1.93. The Morgan fingerprint density at radius 2 is 2.33 bits per heavy atom. The van der Waals surface area contributed by atoms with Crippen LogP contribution in [0.3, 0.4) is 0 Å². The molecule has 1 aliphatic rings. The van der Waals surface area contributed by atoms with Crippen molar-refractivity contribution in [2.75, 3.05) is 12.5 Å². The van der Waals surface area contributed by atoms with Gasteiger partial charge in [0.25, 0.3) is 5.56 Å². The van der Waals surface area contributed by atoms with E-state index in [1.54, 1.807) is 4.98 Å². The highest BCUT2D eigenvalue weighted by Gasteiger charge is 2.41. The Morgan fingerprint density at radius 3 is 3.00 bits per heavy atom. The Morgan fingerprint density at radius 1 is 1.62 bits per heavy atom. The first kappa shape index (κ1) is 15.7. The minimum Gasteiger partial charge on any atom is -0.462 e. The second kappa shape index (κ2) is 6.37. The van der Waals surface area contributed by atoms with Crippen molar-refractivity contribution in [1.82, 2.24) is 9.55 Å². The zero-order valence-electron chi connectivity index (χ0n) is 10.6. The van der Waals surface area contributed by atoms with Gasteiger partial charge in [-0.05, 0) is 0 Å². The summed E-state index contributed by atoms with van der Waals surface area (Å²) in [6, 6.07) is 0. The van der Waals surface area contributed by atoms with Crippen molar-refractivity contribution < 1.29 is 23.8 Å². The number of carbonyl (C=O) groups is 1. The molecule has 0 saturated carbocycles. The highest BCUT2D eigenvalue weighted by Crippen LogP contribution is 2.28. The van der Waals surface area contributed by atoms with Gasteiger partial charge < -0.3 is 14.6 Å². The van der Waals surface area contributed by atoms with E-state index in [4.69, 9.17) is 21.1 Å². The smallest absolute Gasteiger partial charge is 0.338 e. The van der Waals surface area contributed by atoms with Crippen LogP contribution in [0, 0.1) is 5.82 Å². The third-order valence-corrected chi connectivity index (χ3v) is 3.04. The third-order valence-electron chi connectivity index (χ3n) is 2.88. The van der Waals surface area contributed by atoms with E-state index in [0.717, 1.165) is 4.57 Å². The Kier molecular flexibility index (Phi) is 4.76. The lowest BCUT2D eigenvalue weighted by Crippen LogP contribution is -2.35. The zero-order chi connectivity index (χ0) is 15.6. The number of hydrogen-bond donors (Lipinski definition) is 2. The Bertz CT molecular complexity index is 644. The largest absolute Gasteiger partial charge is 0.462 e. The molecule has 21 heavy (non-hydrogen) atoms. The highest BCUT2D eigenvalue weighted by molar-refractivity contribution is 6.18. The van der Waals surface area contributed by atoms with E-state index in [0.29, 0.717) is 6.20 Å². The van der Waals surface area contributed by atoms with Crippen LogP contribution >= 0.6 is 11.6 Å². The molecule has 0 aromatic carbocycles. The summed E-state index contributed by atoms with van der Waals surface area (Å²) in [6.45, 7) is -0.0507. The number of carbonyl (C=O) groups excluding carboxylic acids is 1. The van der Waals surface area contributed by atoms with E-state index >= 15 is 0 Å². The number of aromatic amines is 1. The molecule has 0 spiro atoms. The van der Waals surface area contributed by atoms with Gasteiger partial charge >= 0.3 is 11.7 Å². The van der Waals surface area contributed by atoms with Crippen molar-refractivity contribution >= 4 is 17.6 Å². The first-order valence-corrected chi connectivity index (χ1v) is 6.54. The number of ether oxygens (including phenoxy) is 2.